The summed E-state index contributed by atoms with van der Waals surface area (Å²) in [5.41, 5.74) is 1.77. The van der Waals surface area contributed by atoms with Gasteiger partial charge in [-0.2, -0.15) is 0 Å². The van der Waals surface area contributed by atoms with Crippen LogP contribution in [0.15, 0.2) is 48.7 Å². The maximum absolute atomic E-state index is 13.3. The van der Waals surface area contributed by atoms with E-state index < -0.39 is 0 Å². The highest BCUT2D eigenvalue weighted by molar-refractivity contribution is 5.94. The van der Waals surface area contributed by atoms with Gasteiger partial charge in [-0.25, -0.2) is 4.98 Å². The van der Waals surface area contributed by atoms with E-state index in [2.05, 4.69) is 29.1 Å². The van der Waals surface area contributed by atoms with Crippen LogP contribution in [0.3, 0.4) is 0 Å². The average molecular weight is 367 g/mol. The molecule has 6 nitrogen and oxygen atoms in total. The fourth-order valence-electron chi connectivity index (χ4n) is 3.67. The van der Waals surface area contributed by atoms with E-state index >= 15 is 0 Å². The first-order chi connectivity index (χ1) is 13.2. The molecular formula is C21H25N3O3. The van der Waals surface area contributed by atoms with Gasteiger partial charge in [0.2, 0.25) is 5.88 Å². The molecular weight excluding hydrogens is 342 g/mol. The SMILES string of the molecule is CN1CCN(C(=O)c2ccnc(OC3CCOC3)c2)C(c2ccccc2)C1. The number of carbonyl (C=O) groups excluding carboxylic acids is 1. The minimum atomic E-state index is 0.0172. The third-order valence-electron chi connectivity index (χ3n) is 5.19. The molecule has 0 aliphatic carbocycles. The molecule has 6 heteroatoms. The fraction of sp³-hybridized carbons (Fsp3) is 0.429. The Morgan fingerprint density at radius 2 is 2.07 bits per heavy atom. The summed E-state index contributed by atoms with van der Waals surface area (Å²) in [5.74, 6) is 0.508. The Morgan fingerprint density at radius 1 is 1.22 bits per heavy atom. The third kappa shape index (κ3) is 4.12. The van der Waals surface area contributed by atoms with Crippen molar-refractivity contribution in [3.05, 3.63) is 59.8 Å². The molecule has 142 valence electrons. The number of nitrogens with zero attached hydrogens (tertiary/aromatic N) is 3. The predicted molar refractivity (Wildman–Crippen MR) is 102 cm³/mol. The van der Waals surface area contributed by atoms with Crippen molar-refractivity contribution in [3.8, 4) is 5.88 Å². The molecule has 0 saturated carbocycles. The molecule has 0 N–H and O–H groups in total. The summed E-state index contributed by atoms with van der Waals surface area (Å²) in [4.78, 5) is 21.8. The number of pyridine rings is 1. The average Bonchev–Trinajstić information content (AvgIpc) is 3.21. The van der Waals surface area contributed by atoms with E-state index in [9.17, 15) is 4.79 Å². The Kier molecular flexibility index (Phi) is 5.36. The second-order valence-electron chi connectivity index (χ2n) is 7.17. The van der Waals surface area contributed by atoms with Crippen LogP contribution in [-0.2, 0) is 4.74 Å². The van der Waals surface area contributed by atoms with Crippen molar-refractivity contribution in [2.24, 2.45) is 0 Å². The highest BCUT2D eigenvalue weighted by Gasteiger charge is 2.31. The number of rotatable bonds is 4. The summed E-state index contributed by atoms with van der Waals surface area (Å²) in [6.45, 7) is 3.67. The number of amides is 1. The van der Waals surface area contributed by atoms with Gasteiger partial charge < -0.3 is 19.3 Å². The van der Waals surface area contributed by atoms with E-state index in [0.717, 1.165) is 25.1 Å². The lowest BCUT2D eigenvalue weighted by atomic mass is 10.0. The van der Waals surface area contributed by atoms with Crippen LogP contribution in [0.2, 0.25) is 0 Å². The van der Waals surface area contributed by atoms with E-state index in [4.69, 9.17) is 9.47 Å². The summed E-state index contributed by atoms with van der Waals surface area (Å²) < 4.78 is 11.2. The maximum atomic E-state index is 13.3. The normalized spacial score (nSPS) is 23.4. The first-order valence-electron chi connectivity index (χ1n) is 9.45. The number of aromatic nitrogens is 1. The number of benzene rings is 1. The Labute approximate surface area is 159 Å². The predicted octanol–water partition coefficient (Wildman–Crippen LogP) is 2.38. The van der Waals surface area contributed by atoms with Gasteiger partial charge in [0.05, 0.1) is 19.3 Å². The molecule has 27 heavy (non-hydrogen) atoms. The quantitative estimate of drug-likeness (QED) is 0.831. The molecule has 2 aliphatic rings. The van der Waals surface area contributed by atoms with Crippen molar-refractivity contribution in [1.82, 2.24) is 14.8 Å². The van der Waals surface area contributed by atoms with Crippen LogP contribution in [-0.4, -0.2) is 66.7 Å². The molecule has 2 atom stereocenters. The highest BCUT2D eigenvalue weighted by atomic mass is 16.5. The minimum Gasteiger partial charge on any atom is -0.472 e. The molecule has 1 aromatic heterocycles. The number of hydrogen-bond donors (Lipinski definition) is 0. The molecule has 0 radical (unpaired) electrons. The summed E-state index contributed by atoms with van der Waals surface area (Å²) in [6.07, 6.45) is 2.52. The van der Waals surface area contributed by atoms with Crippen LogP contribution in [0.1, 0.15) is 28.4 Å². The Hall–Kier alpha value is -2.44. The second kappa shape index (κ2) is 8.06. The first kappa shape index (κ1) is 17.9. The van der Waals surface area contributed by atoms with Crippen LogP contribution in [0.4, 0.5) is 0 Å². The van der Waals surface area contributed by atoms with E-state index in [-0.39, 0.29) is 18.1 Å². The minimum absolute atomic E-state index is 0.0172. The monoisotopic (exact) mass is 367 g/mol. The molecule has 0 bridgehead atoms. The van der Waals surface area contributed by atoms with Crippen molar-refractivity contribution in [2.45, 2.75) is 18.6 Å². The molecule has 2 aliphatic heterocycles. The molecule has 0 spiro atoms. The van der Waals surface area contributed by atoms with Crippen LogP contribution >= 0.6 is 0 Å². The van der Waals surface area contributed by atoms with Gasteiger partial charge in [0.25, 0.3) is 5.91 Å². The number of ether oxygens (including phenoxy) is 2. The van der Waals surface area contributed by atoms with Crippen molar-refractivity contribution >= 4 is 5.91 Å². The fourth-order valence-corrected chi connectivity index (χ4v) is 3.67. The molecule has 4 rings (SSSR count). The number of piperazine rings is 1. The summed E-state index contributed by atoms with van der Waals surface area (Å²) in [6, 6.07) is 13.8. The number of likely N-dealkylation sites (N-methyl/N-ethyl adjacent to an activating group) is 1. The van der Waals surface area contributed by atoms with Crippen LogP contribution in [0, 0.1) is 0 Å². The zero-order chi connectivity index (χ0) is 18.6. The Morgan fingerprint density at radius 3 is 2.85 bits per heavy atom. The zero-order valence-electron chi connectivity index (χ0n) is 15.6. The molecule has 2 fully saturated rings. The summed E-state index contributed by atoms with van der Waals surface area (Å²) in [7, 11) is 2.10. The van der Waals surface area contributed by atoms with Crippen molar-refractivity contribution in [3.63, 3.8) is 0 Å². The molecule has 2 saturated heterocycles. The second-order valence-corrected chi connectivity index (χ2v) is 7.17. The lowest BCUT2D eigenvalue weighted by Gasteiger charge is -2.40. The van der Waals surface area contributed by atoms with Gasteiger partial charge in [0, 0.05) is 43.9 Å². The van der Waals surface area contributed by atoms with E-state index in [0.29, 0.717) is 31.2 Å². The van der Waals surface area contributed by atoms with E-state index in [1.807, 2.05) is 23.1 Å². The van der Waals surface area contributed by atoms with Crippen molar-refractivity contribution in [1.29, 1.82) is 0 Å². The summed E-state index contributed by atoms with van der Waals surface area (Å²) >= 11 is 0. The van der Waals surface area contributed by atoms with Gasteiger partial charge in [-0.05, 0) is 18.7 Å². The van der Waals surface area contributed by atoms with Crippen molar-refractivity contribution < 1.29 is 14.3 Å². The standard InChI is InChI=1S/C21H25N3O3/c1-23-10-11-24(19(14-23)16-5-3-2-4-6-16)21(25)17-7-9-22-20(13-17)27-18-8-12-26-15-18/h2-7,9,13,18-19H,8,10-12,14-15H2,1H3. The van der Waals surface area contributed by atoms with Gasteiger partial charge in [-0.15, -0.1) is 0 Å². The van der Waals surface area contributed by atoms with Gasteiger partial charge in [0.1, 0.15) is 6.10 Å². The van der Waals surface area contributed by atoms with Gasteiger partial charge >= 0.3 is 0 Å². The number of hydrogen-bond acceptors (Lipinski definition) is 5. The van der Waals surface area contributed by atoms with Crippen LogP contribution in [0.25, 0.3) is 0 Å². The van der Waals surface area contributed by atoms with Crippen LogP contribution in [0.5, 0.6) is 5.88 Å². The van der Waals surface area contributed by atoms with Gasteiger partial charge in [-0.3, -0.25) is 4.79 Å². The van der Waals surface area contributed by atoms with Gasteiger partial charge in [0.15, 0.2) is 0 Å². The van der Waals surface area contributed by atoms with E-state index in [1.54, 1.807) is 18.3 Å². The summed E-state index contributed by atoms with van der Waals surface area (Å²) in [5, 5.41) is 0. The lowest BCUT2D eigenvalue weighted by Crippen LogP contribution is -2.49. The zero-order valence-corrected chi connectivity index (χ0v) is 15.6. The Bertz CT molecular complexity index is 777. The molecule has 3 heterocycles. The largest absolute Gasteiger partial charge is 0.472 e. The van der Waals surface area contributed by atoms with Crippen LogP contribution < -0.4 is 4.74 Å². The molecule has 1 aromatic carbocycles. The number of carbonyl (C=O) groups is 1. The lowest BCUT2D eigenvalue weighted by molar-refractivity contribution is 0.0497. The molecule has 2 unspecified atom stereocenters. The first-order valence-corrected chi connectivity index (χ1v) is 9.45. The van der Waals surface area contributed by atoms with E-state index in [1.165, 1.54) is 0 Å². The van der Waals surface area contributed by atoms with Crippen molar-refractivity contribution in [2.75, 3.05) is 39.9 Å². The maximum Gasteiger partial charge on any atom is 0.254 e. The van der Waals surface area contributed by atoms with Gasteiger partial charge in [-0.1, -0.05) is 30.3 Å². The smallest absolute Gasteiger partial charge is 0.254 e. The molecule has 1 amide bonds. The molecule has 2 aromatic rings. The highest BCUT2D eigenvalue weighted by Crippen LogP contribution is 2.27. The Balaban J connectivity index is 1.55. The third-order valence-corrected chi connectivity index (χ3v) is 5.19. The topological polar surface area (TPSA) is 54.9 Å².